The van der Waals surface area contributed by atoms with E-state index in [1.165, 1.54) is 0 Å². The Labute approximate surface area is 67.7 Å². The average molecular weight is 173 g/mol. The van der Waals surface area contributed by atoms with E-state index in [1.807, 2.05) is 6.07 Å². The second-order valence-corrected chi connectivity index (χ2v) is 2.29. The molecule has 0 bridgehead atoms. The Morgan fingerprint density at radius 3 is 2.82 bits per heavy atom. The van der Waals surface area contributed by atoms with Gasteiger partial charge in [-0.2, -0.15) is 9.47 Å². The predicted octanol–water partition coefficient (Wildman–Crippen LogP) is 0.445. The zero-order chi connectivity index (χ0) is 8.69. The fourth-order valence-corrected chi connectivity index (χ4v) is 0.805. The molecule has 0 aromatic rings. The SMILES string of the molecule is C#CC(CCC#N)OS(=O)O. The highest BCUT2D eigenvalue weighted by Crippen LogP contribution is 2.01. The van der Waals surface area contributed by atoms with Crippen molar-refractivity contribution in [1.29, 1.82) is 5.26 Å². The maximum Gasteiger partial charge on any atom is 0.303 e. The molecule has 0 radical (unpaired) electrons. The molecule has 0 saturated heterocycles. The van der Waals surface area contributed by atoms with Crippen LogP contribution in [0.2, 0.25) is 0 Å². The highest BCUT2D eigenvalue weighted by molar-refractivity contribution is 7.74. The minimum absolute atomic E-state index is 0.214. The van der Waals surface area contributed by atoms with Crippen LogP contribution in [0.5, 0.6) is 0 Å². The minimum atomic E-state index is -2.35. The topological polar surface area (TPSA) is 70.3 Å². The van der Waals surface area contributed by atoms with Gasteiger partial charge in [-0.05, 0) is 6.42 Å². The summed E-state index contributed by atoms with van der Waals surface area (Å²) in [6, 6.07) is 1.85. The molecule has 0 fully saturated rings. The monoisotopic (exact) mass is 173 g/mol. The molecule has 2 atom stereocenters. The van der Waals surface area contributed by atoms with Crippen LogP contribution in [0, 0.1) is 23.7 Å². The third-order valence-electron chi connectivity index (χ3n) is 0.903. The third kappa shape index (κ3) is 5.56. The highest BCUT2D eigenvalue weighted by Gasteiger charge is 2.07. The quantitative estimate of drug-likeness (QED) is 0.494. The van der Waals surface area contributed by atoms with Crippen LogP contribution >= 0.6 is 0 Å². The first-order valence-electron chi connectivity index (χ1n) is 2.81. The molecule has 0 rings (SSSR count). The van der Waals surface area contributed by atoms with Gasteiger partial charge < -0.3 is 0 Å². The number of hydrogen-bond acceptors (Lipinski definition) is 3. The van der Waals surface area contributed by atoms with Gasteiger partial charge in [0.15, 0.2) is 0 Å². The summed E-state index contributed by atoms with van der Waals surface area (Å²) in [7, 11) is 0. The molecule has 0 spiro atoms. The van der Waals surface area contributed by atoms with Gasteiger partial charge in [0.25, 0.3) is 0 Å². The molecule has 0 aliphatic rings. The van der Waals surface area contributed by atoms with E-state index in [1.54, 1.807) is 0 Å². The summed E-state index contributed by atoms with van der Waals surface area (Å²) in [6.07, 6.45) is 4.67. The number of terminal acetylenes is 1. The van der Waals surface area contributed by atoms with Crippen molar-refractivity contribution >= 4 is 11.4 Å². The zero-order valence-electron chi connectivity index (χ0n) is 5.69. The summed E-state index contributed by atoms with van der Waals surface area (Å²) < 4.78 is 22.6. The molecule has 0 aliphatic heterocycles. The van der Waals surface area contributed by atoms with Crippen LogP contribution in [0.15, 0.2) is 0 Å². The summed E-state index contributed by atoms with van der Waals surface area (Å²) in [6.45, 7) is 0. The summed E-state index contributed by atoms with van der Waals surface area (Å²) in [4.78, 5) is 0. The maximum absolute atomic E-state index is 10.0. The predicted molar refractivity (Wildman–Crippen MR) is 39.3 cm³/mol. The Balaban J connectivity index is 3.71. The molecule has 5 heteroatoms. The van der Waals surface area contributed by atoms with Gasteiger partial charge >= 0.3 is 11.4 Å². The summed E-state index contributed by atoms with van der Waals surface area (Å²) in [5.74, 6) is 2.14. The van der Waals surface area contributed by atoms with E-state index < -0.39 is 17.5 Å². The van der Waals surface area contributed by atoms with Gasteiger partial charge in [0.1, 0.15) is 6.10 Å². The minimum Gasteiger partial charge on any atom is -0.284 e. The number of rotatable bonds is 4. The Morgan fingerprint density at radius 2 is 2.45 bits per heavy atom. The van der Waals surface area contributed by atoms with Crippen molar-refractivity contribution in [2.75, 3.05) is 0 Å². The number of nitrogens with zero attached hydrogens (tertiary/aromatic N) is 1. The Morgan fingerprint density at radius 1 is 1.82 bits per heavy atom. The molecule has 0 aromatic carbocycles. The highest BCUT2D eigenvalue weighted by atomic mass is 32.2. The summed E-state index contributed by atoms with van der Waals surface area (Å²) in [5.41, 5.74) is 0. The van der Waals surface area contributed by atoms with Crippen molar-refractivity contribution in [2.45, 2.75) is 18.9 Å². The van der Waals surface area contributed by atoms with Crippen molar-refractivity contribution in [3.63, 3.8) is 0 Å². The van der Waals surface area contributed by atoms with E-state index in [-0.39, 0.29) is 12.8 Å². The fourth-order valence-electron chi connectivity index (χ4n) is 0.454. The van der Waals surface area contributed by atoms with E-state index in [9.17, 15) is 4.21 Å². The lowest BCUT2D eigenvalue weighted by Crippen LogP contribution is -2.11. The standard InChI is InChI=1S/C6H7NO3S/c1-2-6(4-3-5-7)10-11(8)9/h1,6H,3-4H2,(H,8,9). The van der Waals surface area contributed by atoms with Crippen molar-refractivity contribution in [1.82, 2.24) is 0 Å². The van der Waals surface area contributed by atoms with Gasteiger partial charge in [-0.1, -0.05) is 5.92 Å². The molecule has 1 N–H and O–H groups in total. The molecule has 0 saturated carbocycles. The summed E-state index contributed by atoms with van der Waals surface area (Å²) >= 11 is -2.35. The Bertz CT molecular complexity index is 215. The molecular weight excluding hydrogens is 166 g/mol. The van der Waals surface area contributed by atoms with Gasteiger partial charge in [-0.15, -0.1) is 6.42 Å². The second kappa shape index (κ2) is 5.87. The molecule has 11 heavy (non-hydrogen) atoms. The Kier molecular flexibility index (Phi) is 5.40. The largest absolute Gasteiger partial charge is 0.303 e. The average Bonchev–Trinajstić information content (AvgIpc) is 1.97. The molecule has 0 amide bonds. The fraction of sp³-hybridized carbons (Fsp3) is 0.500. The van der Waals surface area contributed by atoms with Gasteiger partial charge in [0, 0.05) is 6.42 Å². The lowest BCUT2D eigenvalue weighted by atomic mass is 10.2. The van der Waals surface area contributed by atoms with Crippen molar-refractivity contribution in [3.05, 3.63) is 0 Å². The molecule has 0 heterocycles. The first kappa shape index (κ1) is 10.1. The van der Waals surface area contributed by atoms with Crippen LogP contribution in [0.3, 0.4) is 0 Å². The third-order valence-corrected chi connectivity index (χ3v) is 1.30. The zero-order valence-corrected chi connectivity index (χ0v) is 6.50. The molecule has 0 aromatic heterocycles. The van der Waals surface area contributed by atoms with Crippen LogP contribution in [-0.2, 0) is 15.5 Å². The maximum atomic E-state index is 10.0. The van der Waals surface area contributed by atoms with Gasteiger partial charge in [-0.3, -0.25) is 8.74 Å². The molecule has 2 unspecified atom stereocenters. The smallest absolute Gasteiger partial charge is 0.284 e. The normalized spacial score (nSPS) is 14.5. The van der Waals surface area contributed by atoms with Crippen LogP contribution in [0.1, 0.15) is 12.8 Å². The lowest BCUT2D eigenvalue weighted by molar-refractivity contribution is 0.248. The first-order chi connectivity index (χ1) is 5.20. The molecule has 60 valence electrons. The number of nitriles is 1. The lowest BCUT2D eigenvalue weighted by Gasteiger charge is -2.03. The molecule has 4 nitrogen and oxygen atoms in total. The van der Waals surface area contributed by atoms with Crippen molar-refractivity contribution in [2.24, 2.45) is 0 Å². The van der Waals surface area contributed by atoms with E-state index >= 15 is 0 Å². The molecule has 0 aliphatic carbocycles. The van der Waals surface area contributed by atoms with Gasteiger partial charge in [0.2, 0.25) is 0 Å². The van der Waals surface area contributed by atoms with E-state index in [0.717, 1.165) is 0 Å². The van der Waals surface area contributed by atoms with E-state index in [0.29, 0.717) is 0 Å². The summed E-state index contributed by atoms with van der Waals surface area (Å²) in [5, 5.41) is 8.13. The van der Waals surface area contributed by atoms with Crippen LogP contribution < -0.4 is 0 Å². The van der Waals surface area contributed by atoms with Crippen molar-refractivity contribution in [3.8, 4) is 18.4 Å². The molecular formula is C6H7NO3S. The van der Waals surface area contributed by atoms with Crippen LogP contribution in [0.4, 0.5) is 0 Å². The van der Waals surface area contributed by atoms with Gasteiger partial charge in [-0.25, -0.2) is 0 Å². The first-order valence-corrected chi connectivity index (χ1v) is 3.85. The van der Waals surface area contributed by atoms with Crippen LogP contribution in [-0.4, -0.2) is 14.9 Å². The van der Waals surface area contributed by atoms with Gasteiger partial charge in [0.05, 0.1) is 6.07 Å². The second-order valence-electron chi connectivity index (χ2n) is 1.67. The number of hydrogen-bond donors (Lipinski definition) is 1. The van der Waals surface area contributed by atoms with Crippen LogP contribution in [0.25, 0.3) is 0 Å². The van der Waals surface area contributed by atoms with E-state index in [4.69, 9.17) is 16.2 Å². The van der Waals surface area contributed by atoms with Crippen molar-refractivity contribution < 1.29 is 12.9 Å². The Hall–Kier alpha value is -0.880. The van der Waals surface area contributed by atoms with E-state index in [2.05, 4.69) is 10.1 Å².